The smallest absolute Gasteiger partial charge is 0.306 e. The van der Waals surface area contributed by atoms with Crippen LogP contribution in [0.5, 0.6) is 0 Å². The molecule has 0 unspecified atom stereocenters. The molecule has 3 fully saturated rings. The molecular formula is C27H38O6. The quantitative estimate of drug-likeness (QED) is 0.455. The zero-order valence-corrected chi connectivity index (χ0v) is 20.3. The number of ketones is 3. The number of ether oxygens (including phenoxy) is 1. The highest BCUT2D eigenvalue weighted by molar-refractivity contribution is 5.95. The van der Waals surface area contributed by atoms with Crippen LogP contribution in [0.15, 0.2) is 11.6 Å². The van der Waals surface area contributed by atoms with E-state index in [1.165, 1.54) is 0 Å². The van der Waals surface area contributed by atoms with Crippen molar-refractivity contribution in [2.24, 2.45) is 28.6 Å². The summed E-state index contributed by atoms with van der Waals surface area (Å²) in [7, 11) is 0. The number of aliphatic hydroxyl groups is 1. The normalized spacial score (nSPS) is 39.9. The summed E-state index contributed by atoms with van der Waals surface area (Å²) in [6.07, 6.45) is 8.62. The van der Waals surface area contributed by atoms with Crippen LogP contribution < -0.4 is 0 Å². The second kappa shape index (κ2) is 8.75. The van der Waals surface area contributed by atoms with E-state index in [1.54, 1.807) is 6.08 Å². The Labute approximate surface area is 196 Å². The molecule has 6 nitrogen and oxygen atoms in total. The molecule has 4 aliphatic carbocycles. The Hall–Kier alpha value is -1.82. The van der Waals surface area contributed by atoms with Crippen molar-refractivity contribution >= 4 is 23.3 Å². The molecule has 33 heavy (non-hydrogen) atoms. The minimum absolute atomic E-state index is 0.0606. The molecule has 0 aromatic carbocycles. The number of hydrogen-bond acceptors (Lipinski definition) is 6. The Morgan fingerprint density at radius 3 is 2.61 bits per heavy atom. The standard InChI is InChI=1S/C27H38O6/c1-4-5-6-7-23(31)33-16-22(30)27(32)13-11-20-19-9-8-17-14-18(28)10-12-25(17,2)24(19)21(29)15-26(20,27)3/h14,19-20,24,32H,4-13,15-16H2,1-3H3/t19-,20-,24+,25-,26-,27-/m0/s1. The van der Waals surface area contributed by atoms with Crippen molar-refractivity contribution in [3.63, 3.8) is 0 Å². The third-order valence-electron chi connectivity index (χ3n) is 9.62. The third kappa shape index (κ3) is 3.82. The summed E-state index contributed by atoms with van der Waals surface area (Å²) in [5.41, 5.74) is -1.69. The molecule has 1 N–H and O–H groups in total. The van der Waals surface area contributed by atoms with E-state index < -0.39 is 29.4 Å². The van der Waals surface area contributed by atoms with Gasteiger partial charge in [-0.05, 0) is 61.9 Å². The molecule has 0 spiro atoms. The van der Waals surface area contributed by atoms with Crippen molar-refractivity contribution in [1.29, 1.82) is 0 Å². The molecule has 4 rings (SSSR count). The maximum Gasteiger partial charge on any atom is 0.306 e. The summed E-state index contributed by atoms with van der Waals surface area (Å²) in [6, 6.07) is 0. The summed E-state index contributed by atoms with van der Waals surface area (Å²) in [5.74, 6) is -0.627. The maximum atomic E-state index is 13.6. The van der Waals surface area contributed by atoms with E-state index in [1.807, 2.05) is 6.92 Å². The van der Waals surface area contributed by atoms with Crippen LogP contribution in [-0.4, -0.2) is 40.6 Å². The van der Waals surface area contributed by atoms with Gasteiger partial charge in [-0.1, -0.05) is 39.2 Å². The summed E-state index contributed by atoms with van der Waals surface area (Å²) in [6.45, 7) is 5.64. The lowest BCUT2D eigenvalue weighted by molar-refractivity contribution is -0.173. The summed E-state index contributed by atoms with van der Waals surface area (Å²) in [5, 5.41) is 11.6. The Kier molecular flexibility index (Phi) is 6.45. The van der Waals surface area contributed by atoms with Crippen LogP contribution in [0.1, 0.15) is 91.4 Å². The van der Waals surface area contributed by atoms with E-state index in [0.717, 1.165) is 37.7 Å². The molecule has 0 saturated heterocycles. The van der Waals surface area contributed by atoms with Gasteiger partial charge in [0.2, 0.25) is 5.78 Å². The van der Waals surface area contributed by atoms with E-state index in [2.05, 4.69) is 13.8 Å². The van der Waals surface area contributed by atoms with Crippen molar-refractivity contribution in [1.82, 2.24) is 0 Å². The highest BCUT2D eigenvalue weighted by Crippen LogP contribution is 2.66. The van der Waals surface area contributed by atoms with Gasteiger partial charge in [-0.25, -0.2) is 0 Å². The Morgan fingerprint density at radius 2 is 1.88 bits per heavy atom. The van der Waals surface area contributed by atoms with Crippen molar-refractivity contribution in [3.8, 4) is 0 Å². The van der Waals surface area contributed by atoms with E-state index >= 15 is 0 Å². The highest BCUT2D eigenvalue weighted by Gasteiger charge is 2.68. The van der Waals surface area contributed by atoms with Crippen LogP contribution in [0, 0.1) is 28.6 Å². The number of allylic oxidation sites excluding steroid dienone is 1. The molecule has 4 aliphatic rings. The number of carbonyl (C=O) groups excluding carboxylic acids is 4. The number of carbonyl (C=O) groups is 4. The maximum absolute atomic E-state index is 13.6. The fourth-order valence-electron chi connectivity index (χ4n) is 7.70. The number of hydrogen-bond donors (Lipinski definition) is 1. The summed E-state index contributed by atoms with van der Waals surface area (Å²) in [4.78, 5) is 50.8. The lowest BCUT2D eigenvalue weighted by atomic mass is 9.46. The van der Waals surface area contributed by atoms with Gasteiger partial charge >= 0.3 is 5.97 Å². The van der Waals surface area contributed by atoms with E-state index in [9.17, 15) is 24.3 Å². The van der Waals surface area contributed by atoms with Gasteiger partial charge in [0, 0.05) is 30.6 Å². The van der Waals surface area contributed by atoms with Crippen LogP contribution in [0.3, 0.4) is 0 Å². The fraction of sp³-hybridized carbons (Fsp3) is 0.778. The van der Waals surface area contributed by atoms with Crippen LogP contribution >= 0.6 is 0 Å². The first-order valence-corrected chi connectivity index (χ1v) is 12.7. The molecular weight excluding hydrogens is 420 g/mol. The molecule has 182 valence electrons. The van der Waals surface area contributed by atoms with Gasteiger partial charge in [0.25, 0.3) is 0 Å². The molecule has 0 aliphatic heterocycles. The first-order valence-electron chi connectivity index (χ1n) is 12.7. The first-order chi connectivity index (χ1) is 15.6. The number of rotatable bonds is 7. The van der Waals surface area contributed by atoms with Crippen LogP contribution in [0.25, 0.3) is 0 Å². The molecule has 0 heterocycles. The van der Waals surface area contributed by atoms with Crippen molar-refractivity contribution in [2.75, 3.05) is 6.61 Å². The number of unbranched alkanes of at least 4 members (excludes halogenated alkanes) is 2. The SMILES string of the molecule is CCCCCC(=O)OCC(=O)[C@@]1(O)CC[C@H]2[C@@H]3CCC4=CC(=O)CC[C@]4(C)[C@H]3C(=O)C[C@@]21C. The number of fused-ring (bicyclic) bond motifs is 5. The molecule has 0 amide bonds. The zero-order valence-electron chi connectivity index (χ0n) is 20.3. The molecule has 6 heteroatoms. The minimum atomic E-state index is -1.65. The monoisotopic (exact) mass is 458 g/mol. The first kappa shape index (κ1) is 24.3. The van der Waals surface area contributed by atoms with E-state index in [-0.39, 0.29) is 47.6 Å². The third-order valence-corrected chi connectivity index (χ3v) is 9.62. The molecule has 6 atom stereocenters. The second-order valence-electron chi connectivity index (χ2n) is 11.3. The van der Waals surface area contributed by atoms with Crippen molar-refractivity contribution in [2.45, 2.75) is 97.0 Å². The fourth-order valence-corrected chi connectivity index (χ4v) is 7.70. The number of esters is 1. The highest BCUT2D eigenvalue weighted by atomic mass is 16.5. The van der Waals surface area contributed by atoms with Gasteiger partial charge in [-0.15, -0.1) is 0 Å². The Balaban J connectivity index is 1.52. The predicted octanol–water partition coefficient (Wildman–Crippen LogP) is 4.12. The molecule has 0 radical (unpaired) electrons. The average molecular weight is 459 g/mol. The van der Waals surface area contributed by atoms with Crippen LogP contribution in [0.4, 0.5) is 0 Å². The van der Waals surface area contributed by atoms with Crippen LogP contribution in [-0.2, 0) is 23.9 Å². The van der Waals surface area contributed by atoms with Crippen LogP contribution in [0.2, 0.25) is 0 Å². The van der Waals surface area contributed by atoms with Crippen molar-refractivity contribution < 1.29 is 29.0 Å². The van der Waals surface area contributed by atoms with Gasteiger partial charge in [-0.3, -0.25) is 19.2 Å². The molecule has 0 aromatic rings. The summed E-state index contributed by atoms with van der Waals surface area (Å²) < 4.78 is 5.21. The zero-order chi connectivity index (χ0) is 24.0. The minimum Gasteiger partial charge on any atom is -0.458 e. The van der Waals surface area contributed by atoms with Gasteiger partial charge < -0.3 is 9.84 Å². The van der Waals surface area contributed by atoms with Gasteiger partial charge in [0.15, 0.2) is 12.4 Å². The Morgan fingerprint density at radius 1 is 1.12 bits per heavy atom. The topological polar surface area (TPSA) is 97.7 Å². The molecule has 0 aromatic heterocycles. The average Bonchev–Trinajstić information content (AvgIpc) is 3.03. The lowest BCUT2D eigenvalue weighted by Gasteiger charge is -2.57. The van der Waals surface area contributed by atoms with Crippen molar-refractivity contribution in [3.05, 3.63) is 11.6 Å². The molecule has 0 bridgehead atoms. The summed E-state index contributed by atoms with van der Waals surface area (Å²) >= 11 is 0. The van der Waals surface area contributed by atoms with Gasteiger partial charge in [-0.2, -0.15) is 0 Å². The lowest BCUT2D eigenvalue weighted by Crippen LogP contribution is -2.61. The number of Topliss-reactive ketones (excluding diaryl/α,β-unsaturated/α-hetero) is 2. The second-order valence-corrected chi connectivity index (χ2v) is 11.3. The van der Waals surface area contributed by atoms with E-state index in [0.29, 0.717) is 25.7 Å². The van der Waals surface area contributed by atoms with Gasteiger partial charge in [0.1, 0.15) is 11.4 Å². The van der Waals surface area contributed by atoms with E-state index in [4.69, 9.17) is 4.74 Å². The predicted molar refractivity (Wildman–Crippen MR) is 122 cm³/mol. The molecule has 3 saturated carbocycles. The largest absolute Gasteiger partial charge is 0.458 e. The Bertz CT molecular complexity index is 889. The van der Waals surface area contributed by atoms with Gasteiger partial charge in [0.05, 0.1) is 0 Å².